The zero-order valence-corrected chi connectivity index (χ0v) is 8.44. The molecule has 4 nitrogen and oxygen atoms in total. The van der Waals surface area contributed by atoms with Crippen molar-refractivity contribution in [2.75, 3.05) is 6.61 Å². The first-order valence-electron chi connectivity index (χ1n) is 4.56. The van der Waals surface area contributed by atoms with E-state index in [0.29, 0.717) is 5.56 Å². The van der Waals surface area contributed by atoms with Crippen LogP contribution in [0.2, 0.25) is 0 Å². The van der Waals surface area contributed by atoms with E-state index < -0.39 is 13.0 Å². The number of nitrogens with zero attached hydrogens (tertiary/aromatic N) is 1. The molecule has 0 heterocycles. The van der Waals surface area contributed by atoms with E-state index in [9.17, 15) is 8.78 Å². The Labute approximate surface area is 91.3 Å². The van der Waals surface area contributed by atoms with Gasteiger partial charge in [-0.05, 0) is 5.56 Å². The number of ether oxygens (including phenoxy) is 1. The lowest BCUT2D eigenvalue weighted by molar-refractivity contribution is 0.00988. The van der Waals surface area contributed by atoms with Gasteiger partial charge in [0.1, 0.15) is 6.61 Å². The quantitative estimate of drug-likeness (QED) is 0.349. The van der Waals surface area contributed by atoms with Crippen LogP contribution < -0.4 is 5.73 Å². The fraction of sp³-hybridized carbons (Fsp3) is 0.300. The number of benzene rings is 1. The summed E-state index contributed by atoms with van der Waals surface area (Å²) in [4.78, 5) is 0. The molecule has 6 heteroatoms. The Balaban J connectivity index is 2.52. The van der Waals surface area contributed by atoms with Gasteiger partial charge in [0.25, 0.3) is 6.43 Å². The fourth-order valence-electron chi connectivity index (χ4n) is 1.10. The van der Waals surface area contributed by atoms with Crippen LogP contribution in [0.4, 0.5) is 8.78 Å². The van der Waals surface area contributed by atoms with Crippen molar-refractivity contribution in [1.29, 1.82) is 0 Å². The van der Waals surface area contributed by atoms with Crippen molar-refractivity contribution in [3.8, 4) is 0 Å². The lowest BCUT2D eigenvalue weighted by Crippen LogP contribution is -2.12. The van der Waals surface area contributed by atoms with Crippen molar-refractivity contribution in [1.82, 2.24) is 0 Å². The van der Waals surface area contributed by atoms with Crippen LogP contribution in [-0.4, -0.2) is 24.1 Å². The van der Waals surface area contributed by atoms with Crippen LogP contribution >= 0.6 is 0 Å². The van der Waals surface area contributed by atoms with Gasteiger partial charge in [0.2, 0.25) is 0 Å². The maximum atomic E-state index is 11.8. The van der Waals surface area contributed by atoms with E-state index in [1.165, 1.54) is 0 Å². The summed E-state index contributed by atoms with van der Waals surface area (Å²) in [6.07, 6.45) is -2.46. The third kappa shape index (κ3) is 3.82. The zero-order valence-electron chi connectivity index (χ0n) is 8.44. The van der Waals surface area contributed by atoms with E-state index in [1.807, 2.05) is 0 Å². The Morgan fingerprint density at radius 3 is 2.50 bits per heavy atom. The Bertz CT molecular complexity index is 352. The number of rotatable bonds is 5. The van der Waals surface area contributed by atoms with Crippen LogP contribution in [0.15, 0.2) is 29.4 Å². The molecule has 0 spiro atoms. The van der Waals surface area contributed by atoms with Crippen LogP contribution in [-0.2, 0) is 11.3 Å². The minimum atomic E-state index is -2.46. The van der Waals surface area contributed by atoms with E-state index in [1.54, 1.807) is 24.3 Å². The Morgan fingerprint density at radius 2 is 2.00 bits per heavy atom. The molecule has 0 aliphatic rings. The molecule has 0 aliphatic heterocycles. The first-order chi connectivity index (χ1) is 7.63. The van der Waals surface area contributed by atoms with Crippen LogP contribution in [0.5, 0.6) is 0 Å². The lowest BCUT2D eigenvalue weighted by Gasteiger charge is -2.04. The molecule has 0 radical (unpaired) electrons. The average Bonchev–Trinajstić information content (AvgIpc) is 2.28. The first-order valence-corrected chi connectivity index (χ1v) is 4.56. The second kappa shape index (κ2) is 6.02. The summed E-state index contributed by atoms with van der Waals surface area (Å²) in [5.74, 6) is 0.0000452. The summed E-state index contributed by atoms with van der Waals surface area (Å²) in [7, 11) is 0. The predicted molar refractivity (Wildman–Crippen MR) is 54.6 cm³/mol. The van der Waals surface area contributed by atoms with Gasteiger partial charge >= 0.3 is 0 Å². The third-order valence-corrected chi connectivity index (χ3v) is 1.87. The molecule has 0 unspecified atom stereocenters. The number of hydrogen-bond donors (Lipinski definition) is 2. The smallest absolute Gasteiger partial charge is 0.261 e. The van der Waals surface area contributed by atoms with Gasteiger partial charge in [0.05, 0.1) is 6.61 Å². The van der Waals surface area contributed by atoms with E-state index in [0.717, 1.165) is 5.56 Å². The number of alkyl halides is 2. The predicted octanol–water partition coefficient (Wildman–Crippen LogP) is 1.56. The molecule has 0 atom stereocenters. The second-order valence-corrected chi connectivity index (χ2v) is 3.09. The minimum absolute atomic E-state index is 0.0000452. The molecule has 0 bridgehead atoms. The van der Waals surface area contributed by atoms with E-state index in [2.05, 4.69) is 5.16 Å². The SMILES string of the molecule is N/C(=N/O)c1ccc(COCC(F)F)cc1. The van der Waals surface area contributed by atoms with Gasteiger partial charge in [0, 0.05) is 5.56 Å². The van der Waals surface area contributed by atoms with Crippen molar-refractivity contribution in [2.24, 2.45) is 10.9 Å². The number of oxime groups is 1. The van der Waals surface area contributed by atoms with Gasteiger partial charge in [-0.15, -0.1) is 0 Å². The normalized spacial score (nSPS) is 12.1. The fourth-order valence-corrected chi connectivity index (χ4v) is 1.10. The van der Waals surface area contributed by atoms with Crippen molar-refractivity contribution in [3.05, 3.63) is 35.4 Å². The molecule has 1 rings (SSSR count). The molecule has 0 aliphatic carbocycles. The maximum Gasteiger partial charge on any atom is 0.261 e. The van der Waals surface area contributed by atoms with Gasteiger partial charge < -0.3 is 15.7 Å². The van der Waals surface area contributed by atoms with Crippen LogP contribution in [0.1, 0.15) is 11.1 Å². The summed E-state index contributed by atoms with van der Waals surface area (Å²) in [6.45, 7) is -0.469. The standard InChI is InChI=1S/C10H12F2N2O2/c11-9(12)6-16-5-7-1-3-8(4-2-7)10(13)14-15/h1-4,9,15H,5-6H2,(H2,13,14). The number of halogens is 2. The van der Waals surface area contributed by atoms with E-state index in [-0.39, 0.29) is 12.4 Å². The largest absolute Gasteiger partial charge is 0.409 e. The molecule has 0 aromatic heterocycles. The monoisotopic (exact) mass is 230 g/mol. The van der Waals surface area contributed by atoms with Gasteiger partial charge in [-0.25, -0.2) is 8.78 Å². The molecule has 16 heavy (non-hydrogen) atoms. The first kappa shape index (κ1) is 12.4. The molecular weight excluding hydrogens is 218 g/mol. The van der Waals surface area contributed by atoms with E-state index in [4.69, 9.17) is 15.7 Å². The van der Waals surface area contributed by atoms with Gasteiger partial charge in [0.15, 0.2) is 5.84 Å². The molecule has 1 aromatic rings. The third-order valence-electron chi connectivity index (χ3n) is 1.87. The molecular formula is C10H12F2N2O2. The van der Waals surface area contributed by atoms with Gasteiger partial charge in [-0.3, -0.25) is 0 Å². The van der Waals surface area contributed by atoms with Crippen LogP contribution in [0, 0.1) is 0 Å². The van der Waals surface area contributed by atoms with Crippen LogP contribution in [0.25, 0.3) is 0 Å². The highest BCUT2D eigenvalue weighted by atomic mass is 19.3. The maximum absolute atomic E-state index is 11.8. The van der Waals surface area contributed by atoms with Gasteiger partial charge in [-0.2, -0.15) is 0 Å². The highest BCUT2D eigenvalue weighted by Gasteiger charge is 2.03. The van der Waals surface area contributed by atoms with Crippen molar-refractivity contribution >= 4 is 5.84 Å². The summed E-state index contributed by atoms with van der Waals surface area (Å²) in [5.41, 5.74) is 6.65. The molecule has 1 aromatic carbocycles. The highest BCUT2D eigenvalue weighted by molar-refractivity contribution is 5.96. The number of hydrogen-bond acceptors (Lipinski definition) is 3. The summed E-state index contributed by atoms with van der Waals surface area (Å²) < 4.78 is 28.3. The summed E-state index contributed by atoms with van der Waals surface area (Å²) in [5, 5.41) is 11.3. The van der Waals surface area contributed by atoms with Crippen LogP contribution in [0.3, 0.4) is 0 Å². The second-order valence-electron chi connectivity index (χ2n) is 3.09. The average molecular weight is 230 g/mol. The van der Waals surface area contributed by atoms with E-state index >= 15 is 0 Å². The van der Waals surface area contributed by atoms with Crippen molar-refractivity contribution in [3.63, 3.8) is 0 Å². The lowest BCUT2D eigenvalue weighted by atomic mass is 10.1. The van der Waals surface area contributed by atoms with Crippen molar-refractivity contribution < 1.29 is 18.7 Å². The number of nitrogens with two attached hydrogens (primary N) is 1. The van der Waals surface area contributed by atoms with Crippen molar-refractivity contribution in [2.45, 2.75) is 13.0 Å². The topological polar surface area (TPSA) is 67.8 Å². The Hall–Kier alpha value is -1.69. The molecule has 3 N–H and O–H groups in total. The molecule has 0 fully saturated rings. The minimum Gasteiger partial charge on any atom is -0.409 e. The Morgan fingerprint density at radius 1 is 1.38 bits per heavy atom. The summed E-state index contributed by atoms with van der Waals surface area (Å²) in [6, 6.07) is 6.57. The summed E-state index contributed by atoms with van der Waals surface area (Å²) >= 11 is 0. The van der Waals surface area contributed by atoms with Gasteiger partial charge in [-0.1, -0.05) is 29.4 Å². The molecule has 0 amide bonds. The highest BCUT2D eigenvalue weighted by Crippen LogP contribution is 2.06. The molecule has 88 valence electrons. The molecule has 0 saturated heterocycles. The molecule has 0 saturated carbocycles. The zero-order chi connectivity index (χ0) is 12.0. The Kier molecular flexibility index (Phi) is 4.65. The number of amidine groups is 1.